The van der Waals surface area contributed by atoms with Crippen molar-refractivity contribution in [2.75, 3.05) is 18.1 Å². The number of benzene rings is 3. The lowest BCUT2D eigenvalue weighted by Gasteiger charge is -2.23. The van der Waals surface area contributed by atoms with Crippen LogP contribution in [0.1, 0.15) is 57.9 Å². The molecule has 3 aromatic carbocycles. The summed E-state index contributed by atoms with van der Waals surface area (Å²) in [5.74, 6) is -1.62. The van der Waals surface area contributed by atoms with E-state index in [4.69, 9.17) is 14.2 Å². The Kier molecular flexibility index (Phi) is 10.3. The van der Waals surface area contributed by atoms with Gasteiger partial charge in [-0.1, -0.05) is 91.9 Å². The summed E-state index contributed by atoms with van der Waals surface area (Å²) in [4.78, 5) is 46.0. The molecule has 1 aliphatic rings. The van der Waals surface area contributed by atoms with Gasteiger partial charge in [-0.15, -0.1) is 0 Å². The minimum Gasteiger partial charge on any atom is -0.507 e. The van der Waals surface area contributed by atoms with E-state index in [1.807, 2.05) is 30.3 Å². The molecule has 1 unspecified atom stereocenters. The van der Waals surface area contributed by atoms with Gasteiger partial charge in [0.15, 0.2) is 5.13 Å². The van der Waals surface area contributed by atoms with Crippen LogP contribution in [0.5, 0.6) is 11.5 Å². The van der Waals surface area contributed by atoms with Crippen LogP contribution in [-0.4, -0.2) is 41.0 Å². The highest BCUT2D eigenvalue weighted by molar-refractivity contribution is 7.17. The van der Waals surface area contributed by atoms with Gasteiger partial charge >= 0.3 is 11.9 Å². The average molecular weight is 639 g/mol. The summed E-state index contributed by atoms with van der Waals surface area (Å²) in [5.41, 5.74) is 2.09. The van der Waals surface area contributed by atoms with Crippen LogP contribution in [0.25, 0.3) is 5.76 Å². The van der Waals surface area contributed by atoms with Crippen molar-refractivity contribution < 1.29 is 33.7 Å². The van der Waals surface area contributed by atoms with E-state index in [2.05, 4.69) is 18.5 Å². The van der Waals surface area contributed by atoms with Gasteiger partial charge in [-0.3, -0.25) is 14.5 Å². The average Bonchev–Trinajstić information content (AvgIpc) is 3.59. The topological polar surface area (TPSA) is 115 Å². The molecular weight excluding hydrogens is 604 g/mol. The highest BCUT2D eigenvalue weighted by atomic mass is 32.1. The fourth-order valence-corrected chi connectivity index (χ4v) is 5.92. The molecule has 0 radical (unpaired) electrons. The number of thiazole rings is 1. The number of carbonyl (C=O) groups is 3. The second kappa shape index (κ2) is 14.7. The monoisotopic (exact) mass is 638 g/mol. The molecule has 1 aliphatic heterocycles. The summed E-state index contributed by atoms with van der Waals surface area (Å²) in [6, 6.07) is 22.4. The molecule has 9 nitrogen and oxygen atoms in total. The van der Waals surface area contributed by atoms with Crippen molar-refractivity contribution >= 4 is 39.9 Å². The summed E-state index contributed by atoms with van der Waals surface area (Å²) >= 11 is 0.936. The Morgan fingerprint density at radius 2 is 1.78 bits per heavy atom. The van der Waals surface area contributed by atoms with Gasteiger partial charge in [0.2, 0.25) is 0 Å². The van der Waals surface area contributed by atoms with E-state index in [0.29, 0.717) is 41.5 Å². The zero-order valence-corrected chi connectivity index (χ0v) is 26.4. The molecule has 1 atom stereocenters. The predicted molar refractivity (Wildman–Crippen MR) is 176 cm³/mol. The number of amides is 1. The number of ketones is 1. The van der Waals surface area contributed by atoms with Gasteiger partial charge in [-0.25, -0.2) is 9.78 Å². The SMILES string of the molecule is C=CCOC(=O)c1sc(N2C(=O)C(=O)C(=C(O)c3cccc(OCCCC)c3)C2c2ccc(OCc3ccccc3)cc2)nc1C. The lowest BCUT2D eigenvalue weighted by molar-refractivity contribution is -0.132. The van der Waals surface area contributed by atoms with E-state index in [-0.39, 0.29) is 27.9 Å². The van der Waals surface area contributed by atoms with Crippen molar-refractivity contribution in [3.05, 3.63) is 124 Å². The van der Waals surface area contributed by atoms with E-state index in [1.54, 1.807) is 55.5 Å². The van der Waals surface area contributed by atoms with Crippen molar-refractivity contribution in [2.45, 2.75) is 39.3 Å². The van der Waals surface area contributed by atoms with E-state index < -0.39 is 23.7 Å². The summed E-state index contributed by atoms with van der Waals surface area (Å²) in [6.07, 6.45) is 3.27. The van der Waals surface area contributed by atoms with E-state index >= 15 is 0 Å². The number of hydrogen-bond donors (Lipinski definition) is 1. The summed E-state index contributed by atoms with van der Waals surface area (Å²) < 4.78 is 17.0. The van der Waals surface area contributed by atoms with E-state index in [0.717, 1.165) is 29.7 Å². The van der Waals surface area contributed by atoms with Gasteiger partial charge in [-0.05, 0) is 48.7 Å². The zero-order valence-electron chi connectivity index (χ0n) is 25.6. The second-order valence-corrected chi connectivity index (χ2v) is 11.5. The Balaban J connectivity index is 1.55. The smallest absolute Gasteiger partial charge is 0.350 e. The maximum atomic E-state index is 13.7. The summed E-state index contributed by atoms with van der Waals surface area (Å²) in [5, 5.41) is 11.7. The molecule has 0 aliphatic carbocycles. The lowest BCUT2D eigenvalue weighted by Crippen LogP contribution is -2.29. The molecule has 2 heterocycles. The van der Waals surface area contributed by atoms with Gasteiger partial charge in [0.1, 0.15) is 35.3 Å². The predicted octanol–water partition coefficient (Wildman–Crippen LogP) is 7.18. The number of Topliss-reactive ketones (excluding diaryl/α,β-unsaturated/α-hetero) is 1. The van der Waals surface area contributed by atoms with Gasteiger partial charge in [-0.2, -0.15) is 0 Å². The van der Waals surface area contributed by atoms with Crippen LogP contribution in [0.3, 0.4) is 0 Å². The Morgan fingerprint density at radius 3 is 2.50 bits per heavy atom. The molecule has 0 saturated carbocycles. The van der Waals surface area contributed by atoms with Crippen LogP contribution < -0.4 is 14.4 Å². The molecule has 1 fully saturated rings. The Hall–Kier alpha value is -5.22. The standard InChI is InChI=1S/C36H34N2O7S/c1-4-6-20-43-28-14-10-13-26(21-28)31(39)29-30(25-15-17-27(18-16-25)45-22-24-11-8-7-9-12-24)38(34(41)32(29)40)36-37-23(3)33(46-36)35(42)44-19-5-2/h5,7-18,21,30,39H,2,4,6,19-20,22H2,1,3H3. The van der Waals surface area contributed by atoms with Gasteiger partial charge in [0.05, 0.1) is 23.9 Å². The van der Waals surface area contributed by atoms with Crippen LogP contribution in [-0.2, 0) is 20.9 Å². The molecule has 1 saturated heterocycles. The van der Waals surface area contributed by atoms with Crippen molar-refractivity contribution in [3.8, 4) is 11.5 Å². The van der Waals surface area contributed by atoms with Crippen LogP contribution in [0, 0.1) is 6.92 Å². The lowest BCUT2D eigenvalue weighted by atomic mass is 9.95. The van der Waals surface area contributed by atoms with Gasteiger partial charge in [0.25, 0.3) is 5.78 Å². The third-order valence-electron chi connectivity index (χ3n) is 7.27. The third kappa shape index (κ3) is 7.02. The van der Waals surface area contributed by atoms with Crippen molar-refractivity contribution in [2.24, 2.45) is 0 Å². The fraction of sp³-hybridized carbons (Fsp3) is 0.222. The highest BCUT2D eigenvalue weighted by Gasteiger charge is 2.48. The summed E-state index contributed by atoms with van der Waals surface area (Å²) in [7, 11) is 0. The number of rotatable bonds is 13. The van der Waals surface area contributed by atoms with Gasteiger partial charge < -0.3 is 19.3 Å². The number of ether oxygens (including phenoxy) is 3. The fourth-order valence-electron chi connectivity index (χ4n) is 4.93. The normalized spacial score (nSPS) is 15.5. The minimum absolute atomic E-state index is 0.00986. The van der Waals surface area contributed by atoms with Crippen molar-refractivity contribution in [1.29, 1.82) is 0 Å². The molecule has 1 aromatic heterocycles. The van der Waals surface area contributed by atoms with Crippen molar-refractivity contribution in [1.82, 2.24) is 4.98 Å². The number of unbranched alkanes of at least 4 members (excludes halogenated alkanes) is 1. The number of aryl methyl sites for hydroxylation is 1. The first-order chi connectivity index (χ1) is 22.3. The molecule has 236 valence electrons. The highest BCUT2D eigenvalue weighted by Crippen LogP contribution is 2.44. The first kappa shape index (κ1) is 32.2. The molecule has 4 aromatic rings. The van der Waals surface area contributed by atoms with Gasteiger partial charge in [0, 0.05) is 5.56 Å². The number of aromatic nitrogens is 1. The minimum atomic E-state index is -1.05. The molecule has 46 heavy (non-hydrogen) atoms. The van der Waals surface area contributed by atoms with E-state index in [9.17, 15) is 19.5 Å². The maximum Gasteiger partial charge on any atom is 0.350 e. The number of nitrogens with zero attached hydrogens (tertiary/aromatic N) is 2. The van der Waals surface area contributed by atoms with Crippen LogP contribution in [0.15, 0.2) is 97.1 Å². The molecule has 10 heteroatoms. The Labute approximate surface area is 271 Å². The number of esters is 1. The quantitative estimate of drug-likeness (QED) is 0.0409. The first-order valence-electron chi connectivity index (χ1n) is 14.9. The molecule has 5 rings (SSSR count). The molecule has 1 N–H and O–H groups in total. The van der Waals surface area contributed by atoms with Crippen LogP contribution in [0.4, 0.5) is 5.13 Å². The molecule has 0 bridgehead atoms. The summed E-state index contributed by atoms with van der Waals surface area (Å²) in [6.45, 7) is 8.12. The zero-order chi connectivity index (χ0) is 32.6. The first-order valence-corrected chi connectivity index (χ1v) is 15.7. The Morgan fingerprint density at radius 1 is 1.02 bits per heavy atom. The third-order valence-corrected chi connectivity index (χ3v) is 8.41. The maximum absolute atomic E-state index is 13.7. The number of aliphatic hydroxyl groups is 1. The number of aliphatic hydroxyl groups excluding tert-OH is 1. The van der Waals surface area contributed by atoms with Crippen LogP contribution in [0.2, 0.25) is 0 Å². The van der Waals surface area contributed by atoms with E-state index in [1.165, 1.54) is 11.0 Å². The largest absolute Gasteiger partial charge is 0.507 e. The second-order valence-electron chi connectivity index (χ2n) is 10.5. The van der Waals surface area contributed by atoms with Crippen LogP contribution >= 0.6 is 11.3 Å². The molecular formula is C36H34N2O7S. The number of hydrogen-bond acceptors (Lipinski definition) is 9. The Bertz CT molecular complexity index is 1760. The van der Waals surface area contributed by atoms with Crippen molar-refractivity contribution in [3.63, 3.8) is 0 Å². The molecule has 1 amide bonds. The molecule has 0 spiro atoms. The number of anilines is 1. The number of carbonyl (C=O) groups excluding carboxylic acids is 3.